The first-order chi connectivity index (χ1) is 10.1. The van der Waals surface area contributed by atoms with Gasteiger partial charge in [0.1, 0.15) is 11.6 Å². The predicted molar refractivity (Wildman–Crippen MR) is 83.6 cm³/mol. The van der Waals surface area contributed by atoms with Crippen LogP contribution >= 0.6 is 0 Å². The molecule has 0 bridgehead atoms. The summed E-state index contributed by atoms with van der Waals surface area (Å²) >= 11 is 0. The molecule has 0 fully saturated rings. The number of benzene rings is 2. The summed E-state index contributed by atoms with van der Waals surface area (Å²) in [5, 5.41) is 9.07. The number of carbonyl (C=O) groups is 1. The first kappa shape index (κ1) is 14.5. The Labute approximate surface area is 124 Å². The van der Waals surface area contributed by atoms with Gasteiger partial charge in [0.25, 0.3) is 0 Å². The van der Waals surface area contributed by atoms with Gasteiger partial charge in [-0.2, -0.15) is 5.26 Å². The average molecular weight is 276 g/mol. The van der Waals surface area contributed by atoms with E-state index < -0.39 is 0 Å². The Kier molecular flexibility index (Phi) is 4.53. The lowest BCUT2D eigenvalue weighted by Crippen LogP contribution is -2.08. The van der Waals surface area contributed by atoms with E-state index in [2.05, 4.69) is 0 Å². The fraction of sp³-hybridized carbons (Fsp3) is 0.111. The van der Waals surface area contributed by atoms with Gasteiger partial charge in [0, 0.05) is 25.9 Å². The van der Waals surface area contributed by atoms with Crippen LogP contribution in [0.1, 0.15) is 10.4 Å². The first-order valence-corrected chi connectivity index (χ1v) is 6.60. The van der Waals surface area contributed by atoms with Gasteiger partial charge in [-0.05, 0) is 11.1 Å². The third kappa shape index (κ3) is 3.58. The summed E-state index contributed by atoms with van der Waals surface area (Å²) in [5.41, 5.74) is 2.79. The molecule has 2 rings (SSSR count). The van der Waals surface area contributed by atoms with Crippen LogP contribution in [0.2, 0.25) is 0 Å². The van der Waals surface area contributed by atoms with Crippen LogP contribution in [0.3, 0.4) is 0 Å². The number of Topliss-reactive ketones (excluding diaryl/α,β-unsaturated/α-hetero) is 1. The summed E-state index contributed by atoms with van der Waals surface area (Å²) in [6.07, 6.45) is 1.54. The lowest BCUT2D eigenvalue weighted by Gasteiger charge is -2.07. The maximum absolute atomic E-state index is 12.2. The van der Waals surface area contributed by atoms with Gasteiger partial charge in [-0.3, -0.25) is 4.79 Å². The number of hydrogen-bond donors (Lipinski definition) is 0. The van der Waals surface area contributed by atoms with Gasteiger partial charge < -0.3 is 4.90 Å². The minimum absolute atomic E-state index is 0.132. The largest absolute Gasteiger partial charge is 0.382 e. The highest BCUT2D eigenvalue weighted by Gasteiger charge is 2.12. The van der Waals surface area contributed by atoms with Crippen LogP contribution < -0.4 is 0 Å². The van der Waals surface area contributed by atoms with E-state index in [0.717, 1.165) is 11.1 Å². The molecule has 0 aliphatic heterocycles. The van der Waals surface area contributed by atoms with E-state index in [9.17, 15) is 4.79 Å². The van der Waals surface area contributed by atoms with Crippen molar-refractivity contribution in [2.45, 2.75) is 0 Å². The maximum atomic E-state index is 12.2. The van der Waals surface area contributed by atoms with Gasteiger partial charge in [-0.15, -0.1) is 0 Å². The molecule has 0 saturated carbocycles. The second kappa shape index (κ2) is 6.53. The van der Waals surface area contributed by atoms with Gasteiger partial charge in [-0.1, -0.05) is 54.6 Å². The van der Waals surface area contributed by atoms with Gasteiger partial charge >= 0.3 is 0 Å². The zero-order valence-electron chi connectivity index (χ0n) is 12.1. The summed E-state index contributed by atoms with van der Waals surface area (Å²) in [6.45, 7) is 0. The highest BCUT2D eigenvalue weighted by atomic mass is 16.1. The van der Waals surface area contributed by atoms with Crippen molar-refractivity contribution in [3.63, 3.8) is 0 Å². The van der Waals surface area contributed by atoms with E-state index >= 15 is 0 Å². The Morgan fingerprint density at radius 3 is 2.10 bits per heavy atom. The van der Waals surface area contributed by atoms with Crippen molar-refractivity contribution in [1.82, 2.24) is 4.90 Å². The minimum atomic E-state index is -0.259. The summed E-state index contributed by atoms with van der Waals surface area (Å²) in [4.78, 5) is 13.9. The molecular weight excluding hydrogens is 260 g/mol. The molecule has 2 aromatic carbocycles. The van der Waals surface area contributed by atoms with Crippen molar-refractivity contribution in [2.24, 2.45) is 0 Å². The van der Waals surface area contributed by atoms with Crippen LogP contribution in [0, 0.1) is 11.3 Å². The third-order valence-electron chi connectivity index (χ3n) is 3.01. The maximum Gasteiger partial charge on any atom is 0.205 e. The molecule has 0 spiro atoms. The van der Waals surface area contributed by atoms with Gasteiger partial charge in [0.15, 0.2) is 0 Å². The monoisotopic (exact) mass is 276 g/mol. The van der Waals surface area contributed by atoms with Crippen LogP contribution in [0.25, 0.3) is 11.1 Å². The van der Waals surface area contributed by atoms with Crippen molar-refractivity contribution in [3.05, 3.63) is 71.9 Å². The third-order valence-corrected chi connectivity index (χ3v) is 3.01. The number of nitrogens with zero attached hydrogens (tertiary/aromatic N) is 2. The lowest BCUT2D eigenvalue weighted by atomic mass is 10.00. The van der Waals surface area contributed by atoms with Crippen molar-refractivity contribution < 1.29 is 4.79 Å². The van der Waals surface area contributed by atoms with E-state index in [1.165, 1.54) is 6.20 Å². The molecule has 0 heterocycles. The van der Waals surface area contributed by atoms with Crippen LogP contribution in [0.15, 0.2) is 66.4 Å². The zero-order chi connectivity index (χ0) is 15.2. The molecule has 0 saturated heterocycles. The number of allylic oxidation sites excluding steroid dienone is 1. The smallest absolute Gasteiger partial charge is 0.205 e. The van der Waals surface area contributed by atoms with Crippen molar-refractivity contribution in [3.8, 4) is 17.2 Å². The molecule has 3 nitrogen and oxygen atoms in total. The zero-order valence-corrected chi connectivity index (χ0v) is 12.1. The molecule has 0 unspecified atom stereocenters. The van der Waals surface area contributed by atoms with Crippen LogP contribution in [0.4, 0.5) is 0 Å². The second-order valence-electron chi connectivity index (χ2n) is 4.89. The molecule has 2 aromatic rings. The fourth-order valence-electron chi connectivity index (χ4n) is 2.00. The molecule has 0 N–H and O–H groups in total. The summed E-state index contributed by atoms with van der Waals surface area (Å²) < 4.78 is 0. The summed E-state index contributed by atoms with van der Waals surface area (Å²) in [6, 6.07) is 19.2. The summed E-state index contributed by atoms with van der Waals surface area (Å²) in [7, 11) is 3.56. The number of nitriles is 1. The SMILES string of the molecule is CN(C)/C=C(\C#N)C(=O)c1ccc(-c2ccccc2)cc1. The van der Waals surface area contributed by atoms with E-state index in [1.54, 1.807) is 31.1 Å². The standard InChI is InChI=1S/C18H16N2O/c1-20(2)13-17(12-19)18(21)16-10-8-15(9-11-16)14-6-4-3-5-7-14/h3-11,13H,1-2H3/b17-13+. The van der Waals surface area contributed by atoms with E-state index in [1.807, 2.05) is 48.5 Å². The number of hydrogen-bond acceptors (Lipinski definition) is 3. The van der Waals surface area contributed by atoms with Crippen LogP contribution in [-0.4, -0.2) is 24.8 Å². The molecular formula is C18H16N2O. The van der Waals surface area contributed by atoms with Gasteiger partial charge in [0.2, 0.25) is 5.78 Å². The highest BCUT2D eigenvalue weighted by molar-refractivity contribution is 6.11. The lowest BCUT2D eigenvalue weighted by molar-refractivity contribution is 0.103. The molecule has 0 amide bonds. The van der Waals surface area contributed by atoms with Crippen LogP contribution in [0.5, 0.6) is 0 Å². The number of rotatable bonds is 4. The highest BCUT2D eigenvalue weighted by Crippen LogP contribution is 2.20. The average Bonchev–Trinajstić information content (AvgIpc) is 2.53. The van der Waals surface area contributed by atoms with Gasteiger partial charge in [-0.25, -0.2) is 0 Å². The van der Waals surface area contributed by atoms with E-state index in [-0.39, 0.29) is 11.4 Å². The molecule has 0 aromatic heterocycles. The Bertz CT molecular complexity index is 692. The summed E-state index contributed by atoms with van der Waals surface area (Å²) in [5.74, 6) is -0.259. The van der Waals surface area contributed by atoms with Crippen molar-refractivity contribution in [1.29, 1.82) is 5.26 Å². The molecule has 0 aliphatic rings. The Morgan fingerprint density at radius 1 is 1.00 bits per heavy atom. The molecule has 0 atom stereocenters. The first-order valence-electron chi connectivity index (χ1n) is 6.60. The van der Waals surface area contributed by atoms with Gasteiger partial charge in [0.05, 0.1) is 0 Å². The molecule has 0 aliphatic carbocycles. The number of ketones is 1. The number of carbonyl (C=O) groups excluding carboxylic acids is 1. The second-order valence-corrected chi connectivity index (χ2v) is 4.89. The quantitative estimate of drug-likeness (QED) is 0.487. The van der Waals surface area contributed by atoms with E-state index in [0.29, 0.717) is 5.56 Å². The minimum Gasteiger partial charge on any atom is -0.382 e. The Morgan fingerprint density at radius 2 is 1.57 bits per heavy atom. The fourth-order valence-corrected chi connectivity index (χ4v) is 2.00. The molecule has 3 heteroatoms. The molecule has 0 radical (unpaired) electrons. The van der Waals surface area contributed by atoms with Crippen LogP contribution in [-0.2, 0) is 0 Å². The molecule has 104 valence electrons. The van der Waals surface area contributed by atoms with E-state index in [4.69, 9.17) is 5.26 Å². The Hall–Kier alpha value is -2.86. The van der Waals surface area contributed by atoms with Crippen molar-refractivity contribution >= 4 is 5.78 Å². The van der Waals surface area contributed by atoms with Crippen molar-refractivity contribution in [2.75, 3.05) is 14.1 Å². The normalized spacial score (nSPS) is 10.8. The topological polar surface area (TPSA) is 44.1 Å². The predicted octanol–water partition coefficient (Wildman–Crippen LogP) is 3.51. The Balaban J connectivity index is 2.27. The molecule has 21 heavy (non-hydrogen) atoms.